The molecule has 0 rings (SSSR count). The van der Waals surface area contributed by atoms with Crippen LogP contribution in [0.1, 0.15) is 34.6 Å². The molecular formula is C11H23NO3S. The molecule has 16 heavy (non-hydrogen) atoms. The molecule has 0 radical (unpaired) electrons. The van der Waals surface area contributed by atoms with Crippen molar-refractivity contribution in [2.24, 2.45) is 11.7 Å². The van der Waals surface area contributed by atoms with Crippen molar-refractivity contribution in [3.8, 4) is 0 Å². The first kappa shape index (κ1) is 15.7. The van der Waals surface area contributed by atoms with Crippen LogP contribution in [0.3, 0.4) is 0 Å². The van der Waals surface area contributed by atoms with Crippen LogP contribution in [0.15, 0.2) is 0 Å². The van der Waals surface area contributed by atoms with E-state index in [1.807, 2.05) is 13.8 Å². The lowest BCUT2D eigenvalue weighted by Gasteiger charge is -2.34. The van der Waals surface area contributed by atoms with E-state index in [-0.39, 0.29) is 5.92 Å². The first-order valence-corrected chi connectivity index (χ1v) is 6.34. The van der Waals surface area contributed by atoms with Crippen LogP contribution >= 0.6 is 11.8 Å². The van der Waals surface area contributed by atoms with Crippen molar-refractivity contribution < 1.29 is 15.0 Å². The van der Waals surface area contributed by atoms with Gasteiger partial charge in [0, 0.05) is 10.5 Å². The van der Waals surface area contributed by atoms with Crippen LogP contribution in [-0.4, -0.2) is 38.3 Å². The van der Waals surface area contributed by atoms with Crippen molar-refractivity contribution in [3.05, 3.63) is 0 Å². The molecule has 0 amide bonds. The molecule has 0 aliphatic carbocycles. The maximum atomic E-state index is 10.8. The fraction of sp³-hybridized carbons (Fsp3) is 0.909. The summed E-state index contributed by atoms with van der Waals surface area (Å²) in [7, 11) is 0. The molecule has 4 nitrogen and oxygen atoms in total. The van der Waals surface area contributed by atoms with Crippen molar-refractivity contribution in [3.63, 3.8) is 0 Å². The van der Waals surface area contributed by atoms with E-state index < -0.39 is 22.4 Å². The van der Waals surface area contributed by atoms with E-state index in [4.69, 9.17) is 10.8 Å². The standard InChI is InChI=1S/C11H23NO3S/c1-7(2)11(5,15)6-16-10(3,4)8(12)9(13)14/h7-8,15H,6,12H2,1-5H3,(H,13,14)/t8-,11?/m1/s1. The largest absolute Gasteiger partial charge is 0.480 e. The number of carboxylic acid groups (broad SMARTS) is 1. The normalized spacial score (nSPS) is 18.2. The van der Waals surface area contributed by atoms with E-state index >= 15 is 0 Å². The third-order valence-corrected chi connectivity index (χ3v) is 4.72. The highest BCUT2D eigenvalue weighted by molar-refractivity contribution is 8.00. The van der Waals surface area contributed by atoms with Gasteiger partial charge >= 0.3 is 5.97 Å². The Balaban J connectivity index is 4.45. The molecule has 0 saturated heterocycles. The van der Waals surface area contributed by atoms with E-state index in [1.165, 1.54) is 11.8 Å². The molecule has 0 saturated carbocycles. The lowest BCUT2D eigenvalue weighted by molar-refractivity contribution is -0.139. The molecule has 0 aliphatic heterocycles. The number of rotatable bonds is 6. The van der Waals surface area contributed by atoms with E-state index in [0.29, 0.717) is 5.75 Å². The van der Waals surface area contributed by atoms with Crippen LogP contribution < -0.4 is 5.73 Å². The molecule has 0 aliphatic rings. The lowest BCUT2D eigenvalue weighted by Crippen LogP contribution is -2.48. The van der Waals surface area contributed by atoms with E-state index in [1.54, 1.807) is 20.8 Å². The summed E-state index contributed by atoms with van der Waals surface area (Å²) in [6.45, 7) is 9.20. The Morgan fingerprint density at radius 2 is 1.81 bits per heavy atom. The number of thioether (sulfide) groups is 1. The maximum absolute atomic E-state index is 10.8. The second kappa shape index (κ2) is 5.38. The zero-order chi connectivity index (χ0) is 13.1. The van der Waals surface area contributed by atoms with Gasteiger partial charge in [-0.15, -0.1) is 0 Å². The Morgan fingerprint density at radius 3 is 2.12 bits per heavy atom. The fourth-order valence-electron chi connectivity index (χ4n) is 0.886. The summed E-state index contributed by atoms with van der Waals surface area (Å²) in [5, 5.41) is 18.9. The molecule has 0 heterocycles. The summed E-state index contributed by atoms with van der Waals surface area (Å²) in [5.74, 6) is -0.419. The summed E-state index contributed by atoms with van der Waals surface area (Å²) in [6.07, 6.45) is 0. The van der Waals surface area contributed by atoms with E-state index in [9.17, 15) is 9.90 Å². The van der Waals surface area contributed by atoms with Crippen LogP contribution in [0.4, 0.5) is 0 Å². The smallest absolute Gasteiger partial charge is 0.321 e. The number of hydrogen-bond acceptors (Lipinski definition) is 4. The Kier molecular flexibility index (Phi) is 5.29. The van der Waals surface area contributed by atoms with Gasteiger partial charge in [-0.1, -0.05) is 13.8 Å². The maximum Gasteiger partial charge on any atom is 0.321 e. The molecule has 4 N–H and O–H groups in total. The topological polar surface area (TPSA) is 83.5 Å². The Morgan fingerprint density at radius 1 is 1.38 bits per heavy atom. The number of carboxylic acids is 1. The fourth-order valence-corrected chi connectivity index (χ4v) is 2.16. The molecule has 0 bridgehead atoms. The van der Waals surface area contributed by atoms with Crippen LogP contribution in [0.5, 0.6) is 0 Å². The molecule has 0 aromatic heterocycles. The van der Waals surface area contributed by atoms with Gasteiger partial charge in [-0.25, -0.2) is 0 Å². The van der Waals surface area contributed by atoms with Gasteiger partial charge in [-0.3, -0.25) is 4.79 Å². The van der Waals surface area contributed by atoms with Gasteiger partial charge in [0.1, 0.15) is 6.04 Å². The number of hydrogen-bond donors (Lipinski definition) is 3. The number of nitrogens with two attached hydrogens (primary N) is 1. The average molecular weight is 249 g/mol. The number of aliphatic hydroxyl groups is 1. The van der Waals surface area contributed by atoms with Crippen molar-refractivity contribution in [2.75, 3.05) is 5.75 Å². The summed E-state index contributed by atoms with van der Waals surface area (Å²) in [6, 6.07) is -0.930. The quantitative estimate of drug-likeness (QED) is 0.661. The second-order valence-electron chi connectivity index (χ2n) is 5.22. The molecule has 0 fully saturated rings. The van der Waals surface area contributed by atoms with Gasteiger partial charge in [-0.2, -0.15) is 11.8 Å². The summed E-state index contributed by atoms with van der Waals surface area (Å²) in [4.78, 5) is 10.8. The van der Waals surface area contributed by atoms with Gasteiger partial charge in [0.25, 0.3) is 0 Å². The van der Waals surface area contributed by atoms with E-state index in [0.717, 1.165) is 0 Å². The third-order valence-electron chi connectivity index (χ3n) is 3.00. The zero-order valence-corrected chi connectivity index (χ0v) is 11.5. The molecule has 0 aromatic carbocycles. The SMILES string of the molecule is CC(C)C(C)(O)CSC(C)(C)[C@H](N)C(=O)O. The molecule has 2 atom stereocenters. The van der Waals surface area contributed by atoms with Gasteiger partial charge < -0.3 is 15.9 Å². The van der Waals surface area contributed by atoms with Crippen molar-refractivity contribution in [1.29, 1.82) is 0 Å². The first-order chi connectivity index (χ1) is 7.00. The predicted molar refractivity (Wildman–Crippen MR) is 67.6 cm³/mol. The molecular weight excluding hydrogens is 226 g/mol. The molecule has 96 valence electrons. The van der Waals surface area contributed by atoms with Gasteiger partial charge in [0.2, 0.25) is 0 Å². The summed E-state index contributed by atoms with van der Waals surface area (Å²) in [5.41, 5.74) is 4.79. The molecule has 5 heteroatoms. The Bertz CT molecular complexity index is 252. The van der Waals surface area contributed by atoms with Gasteiger partial charge in [0.05, 0.1) is 5.60 Å². The van der Waals surface area contributed by atoms with Crippen LogP contribution in [0.25, 0.3) is 0 Å². The highest BCUT2D eigenvalue weighted by Crippen LogP contribution is 2.32. The van der Waals surface area contributed by atoms with Crippen LogP contribution in [0, 0.1) is 5.92 Å². The minimum absolute atomic E-state index is 0.122. The zero-order valence-electron chi connectivity index (χ0n) is 10.7. The third kappa shape index (κ3) is 4.31. The average Bonchev–Trinajstić information content (AvgIpc) is 2.13. The molecule has 1 unspecified atom stereocenters. The van der Waals surface area contributed by atoms with E-state index in [2.05, 4.69) is 0 Å². The van der Waals surface area contributed by atoms with Gasteiger partial charge in [-0.05, 0) is 26.7 Å². The minimum Gasteiger partial charge on any atom is -0.480 e. The Hall–Kier alpha value is -0.260. The number of carbonyl (C=O) groups is 1. The number of aliphatic carboxylic acids is 1. The van der Waals surface area contributed by atoms with Crippen molar-refractivity contribution in [1.82, 2.24) is 0 Å². The predicted octanol–water partition coefficient (Wildman–Crippen LogP) is 1.32. The summed E-state index contributed by atoms with van der Waals surface area (Å²) >= 11 is 1.39. The highest BCUT2D eigenvalue weighted by atomic mass is 32.2. The van der Waals surface area contributed by atoms with Crippen LogP contribution in [0.2, 0.25) is 0 Å². The molecule has 0 aromatic rings. The summed E-state index contributed by atoms with van der Waals surface area (Å²) < 4.78 is -0.593. The second-order valence-corrected chi connectivity index (χ2v) is 6.85. The van der Waals surface area contributed by atoms with Crippen molar-refractivity contribution >= 4 is 17.7 Å². The highest BCUT2D eigenvalue weighted by Gasteiger charge is 2.35. The first-order valence-electron chi connectivity index (χ1n) is 5.35. The van der Waals surface area contributed by atoms with Gasteiger partial charge in [0.15, 0.2) is 0 Å². The van der Waals surface area contributed by atoms with Crippen LogP contribution in [-0.2, 0) is 4.79 Å². The monoisotopic (exact) mass is 249 g/mol. The Labute approximate surface area is 102 Å². The minimum atomic E-state index is -1.01. The molecule has 0 spiro atoms. The lowest BCUT2D eigenvalue weighted by atomic mass is 9.95. The van der Waals surface area contributed by atoms with Crippen molar-refractivity contribution in [2.45, 2.75) is 51.0 Å².